The van der Waals surface area contributed by atoms with E-state index in [-0.39, 0.29) is 28.8 Å². The molecule has 266 valence electrons. The number of carbonyl (C=O) groups is 2. The van der Waals surface area contributed by atoms with Crippen molar-refractivity contribution in [3.05, 3.63) is 134 Å². The van der Waals surface area contributed by atoms with Gasteiger partial charge in [-0.2, -0.15) is 0 Å². The first-order valence-corrected chi connectivity index (χ1v) is 18.0. The standard InChI is InChI=1S/C41H45ClN4O5/c1-4-7-17-37-44-35-20-19-32(43-41(50)45(22-6-3)25-28-13-9-8-10-14-28)24-34(35)39(47)46(37)26-29-18-21-36(30(23-29)12-5-2)51-27-31-15-11-16-33(38(31)42)40(48)49/h8-11,13-16,18-21,23-24H,4-7,12,17,22,25-27H2,1-3H3,(H,43,50)(H,48,49). The van der Waals surface area contributed by atoms with Crippen molar-refractivity contribution in [2.75, 3.05) is 11.9 Å². The molecule has 1 heterocycles. The van der Waals surface area contributed by atoms with Crippen LogP contribution in [-0.4, -0.2) is 38.1 Å². The maximum Gasteiger partial charge on any atom is 0.337 e. The number of benzene rings is 4. The first-order chi connectivity index (χ1) is 24.7. The number of anilines is 1. The molecule has 0 aliphatic rings. The van der Waals surface area contributed by atoms with Crippen LogP contribution in [0.2, 0.25) is 5.02 Å². The molecule has 0 aliphatic carbocycles. The Morgan fingerprint density at radius 2 is 1.69 bits per heavy atom. The predicted octanol–water partition coefficient (Wildman–Crippen LogP) is 9.11. The summed E-state index contributed by atoms with van der Waals surface area (Å²) in [5, 5.41) is 13.1. The molecule has 0 fully saturated rings. The minimum Gasteiger partial charge on any atom is -0.489 e. The zero-order valence-corrected chi connectivity index (χ0v) is 30.2. The maximum atomic E-state index is 14.2. The highest BCUT2D eigenvalue weighted by atomic mass is 35.5. The Bertz CT molecular complexity index is 2050. The van der Waals surface area contributed by atoms with Crippen LogP contribution in [0.25, 0.3) is 10.9 Å². The fourth-order valence-electron chi connectivity index (χ4n) is 6.09. The Kier molecular flexibility index (Phi) is 12.9. The van der Waals surface area contributed by atoms with E-state index in [9.17, 15) is 19.5 Å². The Balaban J connectivity index is 1.42. The van der Waals surface area contributed by atoms with Crippen molar-refractivity contribution < 1.29 is 19.4 Å². The van der Waals surface area contributed by atoms with Crippen LogP contribution in [0.5, 0.6) is 5.75 Å². The van der Waals surface area contributed by atoms with Crippen LogP contribution in [-0.2, 0) is 32.5 Å². The first kappa shape index (κ1) is 37.1. The smallest absolute Gasteiger partial charge is 0.337 e. The zero-order valence-electron chi connectivity index (χ0n) is 29.5. The molecule has 0 radical (unpaired) electrons. The number of carbonyl (C=O) groups excluding carboxylic acids is 1. The van der Waals surface area contributed by atoms with Gasteiger partial charge >= 0.3 is 12.0 Å². The molecule has 51 heavy (non-hydrogen) atoms. The lowest BCUT2D eigenvalue weighted by molar-refractivity contribution is 0.0697. The highest BCUT2D eigenvalue weighted by molar-refractivity contribution is 6.34. The number of hydrogen-bond acceptors (Lipinski definition) is 5. The van der Waals surface area contributed by atoms with Gasteiger partial charge in [-0.15, -0.1) is 0 Å². The molecule has 0 atom stereocenters. The van der Waals surface area contributed by atoms with Crippen molar-refractivity contribution in [2.24, 2.45) is 0 Å². The number of halogens is 1. The van der Waals surface area contributed by atoms with E-state index in [4.69, 9.17) is 21.3 Å². The highest BCUT2D eigenvalue weighted by Gasteiger charge is 2.18. The molecule has 0 unspecified atom stereocenters. The van der Waals surface area contributed by atoms with E-state index >= 15 is 0 Å². The number of amides is 2. The van der Waals surface area contributed by atoms with E-state index in [1.165, 1.54) is 6.07 Å². The van der Waals surface area contributed by atoms with Crippen molar-refractivity contribution in [3.8, 4) is 5.75 Å². The average Bonchev–Trinajstić information content (AvgIpc) is 3.12. The fourth-order valence-corrected chi connectivity index (χ4v) is 6.35. The van der Waals surface area contributed by atoms with Crippen LogP contribution in [0.1, 0.15) is 84.9 Å². The molecule has 2 amide bonds. The Hall–Kier alpha value is -5.15. The normalized spacial score (nSPS) is 11.1. The predicted molar refractivity (Wildman–Crippen MR) is 203 cm³/mol. The van der Waals surface area contributed by atoms with Gasteiger partial charge < -0.3 is 20.1 Å². The summed E-state index contributed by atoms with van der Waals surface area (Å²) in [6.07, 6.45) is 4.95. The zero-order chi connectivity index (χ0) is 36.3. The van der Waals surface area contributed by atoms with Gasteiger partial charge in [-0.1, -0.05) is 99.8 Å². The fraction of sp³-hybridized carbons (Fsp3) is 0.317. The number of unbranched alkanes of at least 4 members (excludes halogenated alkanes) is 1. The molecule has 5 aromatic rings. The minimum atomic E-state index is -1.09. The number of carboxylic acids is 1. The van der Waals surface area contributed by atoms with Crippen LogP contribution in [0, 0.1) is 0 Å². The van der Waals surface area contributed by atoms with Gasteiger partial charge in [0.2, 0.25) is 0 Å². The maximum absolute atomic E-state index is 14.2. The molecule has 0 saturated carbocycles. The van der Waals surface area contributed by atoms with E-state index in [0.717, 1.165) is 48.8 Å². The summed E-state index contributed by atoms with van der Waals surface area (Å²) in [7, 11) is 0. The number of carboxylic acid groups (broad SMARTS) is 1. The number of aromatic carboxylic acids is 1. The quantitative estimate of drug-likeness (QED) is 0.106. The second kappa shape index (κ2) is 17.7. The number of fused-ring (bicyclic) bond motifs is 1. The summed E-state index contributed by atoms with van der Waals surface area (Å²) in [5.74, 6) is 0.304. The van der Waals surface area contributed by atoms with Gasteiger partial charge in [-0.05, 0) is 66.3 Å². The van der Waals surface area contributed by atoms with E-state index in [1.807, 2.05) is 49.4 Å². The third kappa shape index (κ3) is 9.35. The van der Waals surface area contributed by atoms with Gasteiger partial charge in [0.1, 0.15) is 18.2 Å². The van der Waals surface area contributed by atoms with Gasteiger partial charge in [-0.25, -0.2) is 14.6 Å². The number of rotatable bonds is 16. The minimum absolute atomic E-state index is 0.0336. The lowest BCUT2D eigenvalue weighted by Crippen LogP contribution is -2.35. The summed E-state index contributed by atoms with van der Waals surface area (Å²) < 4.78 is 7.91. The van der Waals surface area contributed by atoms with Gasteiger partial charge in [0.15, 0.2) is 0 Å². The van der Waals surface area contributed by atoms with Crippen LogP contribution < -0.4 is 15.6 Å². The van der Waals surface area contributed by atoms with E-state index in [1.54, 1.807) is 39.8 Å². The van der Waals surface area contributed by atoms with Gasteiger partial charge in [-0.3, -0.25) is 9.36 Å². The second-order valence-corrected chi connectivity index (χ2v) is 13.0. The molecule has 2 N–H and O–H groups in total. The van der Waals surface area contributed by atoms with Gasteiger partial charge in [0.25, 0.3) is 5.56 Å². The van der Waals surface area contributed by atoms with Crippen molar-refractivity contribution in [1.29, 1.82) is 0 Å². The summed E-state index contributed by atoms with van der Waals surface area (Å²) in [5.41, 5.74) is 4.54. The SMILES string of the molecule is CCCCc1nc2ccc(NC(=O)N(CCC)Cc3ccccc3)cc2c(=O)n1Cc1ccc(OCc2cccc(C(=O)O)c2Cl)c(CCC)c1. The largest absolute Gasteiger partial charge is 0.489 e. The first-order valence-electron chi connectivity index (χ1n) is 17.6. The van der Waals surface area contributed by atoms with Gasteiger partial charge in [0.05, 0.1) is 28.0 Å². The summed E-state index contributed by atoms with van der Waals surface area (Å²) >= 11 is 6.36. The summed E-state index contributed by atoms with van der Waals surface area (Å²) in [6, 6.07) is 25.7. The van der Waals surface area contributed by atoms with Crippen LogP contribution in [0.15, 0.2) is 89.7 Å². The van der Waals surface area contributed by atoms with Crippen molar-refractivity contribution in [3.63, 3.8) is 0 Å². The lowest BCUT2D eigenvalue weighted by atomic mass is 10.0. The molecule has 0 bridgehead atoms. The molecule has 0 aliphatic heterocycles. The average molecular weight is 709 g/mol. The second-order valence-electron chi connectivity index (χ2n) is 12.7. The highest BCUT2D eigenvalue weighted by Crippen LogP contribution is 2.27. The number of hydrogen-bond donors (Lipinski definition) is 2. The number of urea groups is 1. The molecular weight excluding hydrogens is 664 g/mol. The number of aromatic nitrogens is 2. The Labute approximate surface area is 303 Å². The number of nitrogens with one attached hydrogen (secondary N) is 1. The van der Waals surface area contributed by atoms with E-state index < -0.39 is 5.97 Å². The molecule has 10 heteroatoms. The van der Waals surface area contributed by atoms with Crippen molar-refractivity contribution >= 4 is 40.2 Å². The van der Waals surface area contributed by atoms with E-state index in [0.29, 0.717) is 59.8 Å². The third-order valence-corrected chi connectivity index (χ3v) is 9.16. The lowest BCUT2D eigenvalue weighted by Gasteiger charge is -2.23. The number of ether oxygens (including phenoxy) is 1. The molecule has 5 rings (SSSR count). The molecule has 9 nitrogen and oxygen atoms in total. The summed E-state index contributed by atoms with van der Waals surface area (Å²) in [4.78, 5) is 45.8. The molecule has 0 saturated heterocycles. The van der Waals surface area contributed by atoms with Crippen LogP contribution in [0.4, 0.5) is 10.5 Å². The van der Waals surface area contributed by atoms with Gasteiger partial charge in [0, 0.05) is 30.8 Å². The van der Waals surface area contributed by atoms with Crippen molar-refractivity contribution in [2.45, 2.75) is 79.0 Å². The third-order valence-electron chi connectivity index (χ3n) is 8.71. The number of aryl methyl sites for hydroxylation is 2. The Morgan fingerprint density at radius 3 is 2.41 bits per heavy atom. The number of nitrogens with zero attached hydrogens (tertiary/aromatic N) is 3. The van der Waals surface area contributed by atoms with Crippen LogP contribution >= 0.6 is 11.6 Å². The van der Waals surface area contributed by atoms with E-state index in [2.05, 4.69) is 25.2 Å². The monoisotopic (exact) mass is 708 g/mol. The van der Waals surface area contributed by atoms with Crippen molar-refractivity contribution in [1.82, 2.24) is 14.5 Å². The molecule has 4 aromatic carbocycles. The topological polar surface area (TPSA) is 114 Å². The molecule has 0 spiro atoms. The Morgan fingerprint density at radius 1 is 0.882 bits per heavy atom. The molecule has 1 aromatic heterocycles. The summed E-state index contributed by atoms with van der Waals surface area (Å²) in [6.45, 7) is 7.76. The molecular formula is C41H45ClN4O5. The van der Waals surface area contributed by atoms with Crippen LogP contribution in [0.3, 0.4) is 0 Å².